The van der Waals surface area contributed by atoms with Gasteiger partial charge in [0.05, 0.1) is 5.56 Å². The molecule has 4 aromatic rings. The number of fused-ring (bicyclic) bond motifs is 1. The number of amides is 1. The molecule has 1 unspecified atom stereocenters. The molecule has 0 saturated heterocycles. The van der Waals surface area contributed by atoms with Crippen molar-refractivity contribution < 1.29 is 27.8 Å². The minimum absolute atomic E-state index is 0.0148. The summed E-state index contributed by atoms with van der Waals surface area (Å²) in [5.41, 5.74) is 4.76. The number of nitrogens with two attached hydrogens (primary N) is 1. The number of hydrogen-bond donors (Lipinski definition) is 4. The van der Waals surface area contributed by atoms with Crippen LogP contribution in [0.1, 0.15) is 28.4 Å². The van der Waals surface area contributed by atoms with Crippen molar-refractivity contribution in [3.8, 4) is 11.5 Å². The first-order chi connectivity index (χ1) is 17.1. The van der Waals surface area contributed by atoms with E-state index in [-0.39, 0.29) is 23.4 Å². The van der Waals surface area contributed by atoms with Gasteiger partial charge in [-0.3, -0.25) is 4.79 Å². The van der Waals surface area contributed by atoms with Gasteiger partial charge in [-0.05, 0) is 65.7 Å². The quantitative estimate of drug-likeness (QED) is 0.251. The lowest BCUT2D eigenvalue weighted by atomic mass is 10.0. The Labute approximate surface area is 204 Å². The fourth-order valence-electron chi connectivity index (χ4n) is 3.63. The van der Waals surface area contributed by atoms with E-state index in [1.54, 1.807) is 49.4 Å². The molecule has 10 heteroatoms. The van der Waals surface area contributed by atoms with Crippen LogP contribution in [0.2, 0.25) is 0 Å². The molecule has 1 heterocycles. The number of nitrogens with zero attached hydrogens (tertiary/aromatic N) is 1. The molecule has 0 aliphatic carbocycles. The van der Waals surface area contributed by atoms with Gasteiger partial charge in [0, 0.05) is 30.1 Å². The minimum atomic E-state index is -4.59. The van der Waals surface area contributed by atoms with Gasteiger partial charge in [-0.2, -0.15) is 13.2 Å². The molecule has 0 aliphatic heterocycles. The van der Waals surface area contributed by atoms with Crippen molar-refractivity contribution in [3.05, 3.63) is 89.6 Å². The zero-order valence-corrected chi connectivity index (χ0v) is 19.1. The maximum Gasteiger partial charge on any atom is 0.416 e. The van der Waals surface area contributed by atoms with Crippen molar-refractivity contribution in [2.24, 2.45) is 5.73 Å². The van der Waals surface area contributed by atoms with Crippen molar-refractivity contribution in [1.29, 1.82) is 0 Å². The predicted octanol–water partition coefficient (Wildman–Crippen LogP) is 5.51. The summed E-state index contributed by atoms with van der Waals surface area (Å²) >= 11 is 0. The van der Waals surface area contributed by atoms with Crippen LogP contribution in [-0.4, -0.2) is 22.2 Å². The van der Waals surface area contributed by atoms with Crippen LogP contribution in [0.3, 0.4) is 0 Å². The molecule has 0 fully saturated rings. The zero-order valence-electron chi connectivity index (χ0n) is 19.1. The highest BCUT2D eigenvalue weighted by atomic mass is 19.4. The number of aliphatic hydroxyl groups is 1. The highest BCUT2D eigenvalue weighted by molar-refractivity contribution is 6.06. The zero-order chi connectivity index (χ0) is 25.9. The second kappa shape index (κ2) is 10.2. The Morgan fingerprint density at radius 2 is 1.78 bits per heavy atom. The number of alkyl halides is 3. The number of rotatable bonds is 7. The molecule has 7 nitrogen and oxygen atoms in total. The van der Waals surface area contributed by atoms with E-state index < -0.39 is 23.9 Å². The standard InChI is InChI=1S/C26H23F3N4O3/c1-15(34)32-24-13-22(8-9-31-24)36-21-7-5-16-2-3-17(10-19(16)11-21)25(35)33-20-6-4-18(14-30)23(12-20)26(27,28)29/h2-13,15,34H,14,30H2,1H3,(H,31,32)(H,33,35). The molecular formula is C26H23F3N4O3. The van der Waals surface area contributed by atoms with Gasteiger partial charge in [0.1, 0.15) is 23.5 Å². The third-order valence-electron chi connectivity index (χ3n) is 5.29. The first-order valence-electron chi connectivity index (χ1n) is 11.0. The first-order valence-corrected chi connectivity index (χ1v) is 11.0. The molecule has 0 bridgehead atoms. The number of halogens is 3. The summed E-state index contributed by atoms with van der Waals surface area (Å²) in [5, 5.41) is 16.3. The van der Waals surface area contributed by atoms with Gasteiger partial charge < -0.3 is 26.2 Å². The van der Waals surface area contributed by atoms with Crippen molar-refractivity contribution in [3.63, 3.8) is 0 Å². The van der Waals surface area contributed by atoms with Crippen LogP contribution in [-0.2, 0) is 12.7 Å². The second-order valence-electron chi connectivity index (χ2n) is 8.05. The van der Waals surface area contributed by atoms with Crippen LogP contribution >= 0.6 is 0 Å². The van der Waals surface area contributed by atoms with Crippen LogP contribution in [0, 0.1) is 0 Å². The Morgan fingerprint density at radius 3 is 2.50 bits per heavy atom. The number of ether oxygens (including phenoxy) is 1. The molecule has 1 aromatic heterocycles. The molecule has 36 heavy (non-hydrogen) atoms. The van der Waals surface area contributed by atoms with Crippen LogP contribution < -0.4 is 21.1 Å². The van der Waals surface area contributed by atoms with Crippen LogP contribution in [0.4, 0.5) is 24.7 Å². The Balaban J connectivity index is 1.55. The third kappa shape index (κ3) is 5.91. The fourth-order valence-corrected chi connectivity index (χ4v) is 3.63. The molecule has 0 saturated carbocycles. The van der Waals surface area contributed by atoms with E-state index in [9.17, 15) is 23.1 Å². The van der Waals surface area contributed by atoms with E-state index in [1.807, 2.05) is 6.07 Å². The average Bonchev–Trinajstić information content (AvgIpc) is 2.83. The van der Waals surface area contributed by atoms with Crippen molar-refractivity contribution in [1.82, 2.24) is 4.98 Å². The summed E-state index contributed by atoms with van der Waals surface area (Å²) in [6.07, 6.45) is -3.83. The number of aliphatic hydroxyl groups excluding tert-OH is 1. The normalized spacial score (nSPS) is 12.3. The average molecular weight is 496 g/mol. The summed E-state index contributed by atoms with van der Waals surface area (Å²) in [7, 11) is 0. The molecular weight excluding hydrogens is 473 g/mol. The number of nitrogens with one attached hydrogen (secondary N) is 2. The summed E-state index contributed by atoms with van der Waals surface area (Å²) < 4.78 is 45.9. The molecule has 4 rings (SSSR count). The van der Waals surface area contributed by atoms with Crippen molar-refractivity contribution >= 4 is 28.2 Å². The first kappa shape index (κ1) is 25.0. The smallest absolute Gasteiger partial charge is 0.416 e. The summed E-state index contributed by atoms with van der Waals surface area (Å²) in [5.74, 6) is 0.875. The molecule has 3 aromatic carbocycles. The van der Waals surface area contributed by atoms with Crippen LogP contribution in [0.5, 0.6) is 11.5 Å². The number of anilines is 2. The van der Waals surface area contributed by atoms with Gasteiger partial charge in [0.2, 0.25) is 0 Å². The van der Waals surface area contributed by atoms with Gasteiger partial charge >= 0.3 is 6.18 Å². The molecule has 1 atom stereocenters. The largest absolute Gasteiger partial charge is 0.457 e. The fraction of sp³-hybridized carbons (Fsp3) is 0.154. The van der Waals surface area contributed by atoms with E-state index in [0.717, 1.165) is 11.5 Å². The summed E-state index contributed by atoms with van der Waals surface area (Å²) in [6, 6.07) is 17.1. The lowest BCUT2D eigenvalue weighted by Gasteiger charge is -2.14. The minimum Gasteiger partial charge on any atom is -0.457 e. The lowest BCUT2D eigenvalue weighted by molar-refractivity contribution is -0.138. The van der Waals surface area contributed by atoms with Crippen molar-refractivity contribution in [2.45, 2.75) is 25.9 Å². The van der Waals surface area contributed by atoms with Crippen LogP contribution in [0.15, 0.2) is 72.9 Å². The number of hydrogen-bond acceptors (Lipinski definition) is 6. The Kier molecular flexibility index (Phi) is 7.09. The van der Waals surface area contributed by atoms with E-state index in [1.165, 1.54) is 18.3 Å². The lowest BCUT2D eigenvalue weighted by Crippen LogP contribution is -2.15. The topological polar surface area (TPSA) is 109 Å². The Morgan fingerprint density at radius 1 is 1.03 bits per heavy atom. The second-order valence-corrected chi connectivity index (χ2v) is 8.05. The number of aromatic nitrogens is 1. The number of carbonyl (C=O) groups excluding carboxylic acids is 1. The monoisotopic (exact) mass is 496 g/mol. The Bertz CT molecular complexity index is 1410. The van der Waals surface area contributed by atoms with Gasteiger partial charge in [0.15, 0.2) is 0 Å². The molecule has 1 amide bonds. The highest BCUT2D eigenvalue weighted by Crippen LogP contribution is 2.34. The molecule has 0 radical (unpaired) electrons. The van der Waals surface area contributed by atoms with E-state index in [2.05, 4.69) is 15.6 Å². The Hall–Kier alpha value is -4.15. The van der Waals surface area contributed by atoms with E-state index in [0.29, 0.717) is 22.7 Å². The number of carbonyl (C=O) groups is 1. The SMILES string of the molecule is CC(O)Nc1cc(Oc2ccc3ccc(C(=O)Nc4ccc(CN)c(C(F)(F)F)c4)cc3c2)ccn1. The summed E-state index contributed by atoms with van der Waals surface area (Å²) in [4.78, 5) is 16.9. The third-order valence-corrected chi connectivity index (χ3v) is 5.29. The molecule has 5 N–H and O–H groups in total. The molecule has 0 aliphatic rings. The van der Waals surface area contributed by atoms with E-state index in [4.69, 9.17) is 10.5 Å². The van der Waals surface area contributed by atoms with Gasteiger partial charge in [-0.25, -0.2) is 4.98 Å². The number of benzene rings is 3. The van der Waals surface area contributed by atoms with Crippen LogP contribution in [0.25, 0.3) is 10.8 Å². The molecule has 0 spiro atoms. The summed E-state index contributed by atoms with van der Waals surface area (Å²) in [6.45, 7) is 1.30. The highest BCUT2D eigenvalue weighted by Gasteiger charge is 2.33. The van der Waals surface area contributed by atoms with Gasteiger partial charge in [-0.15, -0.1) is 0 Å². The maximum atomic E-state index is 13.3. The van der Waals surface area contributed by atoms with Gasteiger partial charge in [0.25, 0.3) is 5.91 Å². The van der Waals surface area contributed by atoms with E-state index >= 15 is 0 Å². The van der Waals surface area contributed by atoms with Crippen molar-refractivity contribution in [2.75, 3.05) is 10.6 Å². The number of pyridine rings is 1. The molecule has 186 valence electrons. The maximum absolute atomic E-state index is 13.3. The van der Waals surface area contributed by atoms with Gasteiger partial charge in [-0.1, -0.05) is 18.2 Å². The predicted molar refractivity (Wildman–Crippen MR) is 131 cm³/mol.